The summed E-state index contributed by atoms with van der Waals surface area (Å²) in [5.41, 5.74) is 7.16. The van der Waals surface area contributed by atoms with Gasteiger partial charge in [0.15, 0.2) is 0 Å². The van der Waals surface area contributed by atoms with Gasteiger partial charge in [0, 0.05) is 12.2 Å². The third-order valence-electron chi connectivity index (χ3n) is 3.04. The Bertz CT molecular complexity index is 505. The van der Waals surface area contributed by atoms with Crippen molar-refractivity contribution in [1.82, 2.24) is 19.7 Å². The third kappa shape index (κ3) is 2.41. The molecule has 0 saturated heterocycles. The molecule has 2 atom stereocenters. The number of pyridine rings is 1. The van der Waals surface area contributed by atoms with Crippen molar-refractivity contribution in [2.45, 2.75) is 39.3 Å². The highest BCUT2D eigenvalue weighted by Gasteiger charge is 2.24. The predicted octanol–water partition coefficient (Wildman–Crippen LogP) is 1.62. The highest BCUT2D eigenvalue weighted by atomic mass is 15.4. The molecule has 0 saturated carbocycles. The van der Waals surface area contributed by atoms with E-state index in [9.17, 15) is 0 Å². The summed E-state index contributed by atoms with van der Waals surface area (Å²) in [7, 11) is 0. The van der Waals surface area contributed by atoms with Gasteiger partial charge in [0.1, 0.15) is 17.7 Å². The smallest absolute Gasteiger partial charge is 0.147 e. The van der Waals surface area contributed by atoms with Crippen LogP contribution in [0.4, 0.5) is 0 Å². The van der Waals surface area contributed by atoms with Crippen LogP contribution in [-0.2, 0) is 0 Å². The second-order valence-electron chi connectivity index (χ2n) is 4.42. The molecule has 5 heteroatoms. The quantitative estimate of drug-likeness (QED) is 0.888. The van der Waals surface area contributed by atoms with E-state index in [0.29, 0.717) is 0 Å². The van der Waals surface area contributed by atoms with Gasteiger partial charge in [-0.15, -0.1) is 0 Å². The molecule has 0 fully saturated rings. The molecule has 96 valence electrons. The van der Waals surface area contributed by atoms with Crippen molar-refractivity contribution >= 4 is 0 Å². The van der Waals surface area contributed by atoms with Crippen molar-refractivity contribution in [3.8, 4) is 0 Å². The number of hydrogen-bond acceptors (Lipinski definition) is 4. The van der Waals surface area contributed by atoms with Crippen LogP contribution in [0.5, 0.6) is 0 Å². The lowest BCUT2D eigenvalue weighted by Gasteiger charge is -2.23. The van der Waals surface area contributed by atoms with E-state index in [1.54, 1.807) is 6.20 Å². The summed E-state index contributed by atoms with van der Waals surface area (Å²) in [6.07, 6.45) is 2.64. The minimum Gasteiger partial charge on any atom is -0.326 e. The zero-order valence-electron chi connectivity index (χ0n) is 11.0. The molecule has 2 unspecified atom stereocenters. The Balaban J connectivity index is 2.47. The fourth-order valence-electron chi connectivity index (χ4n) is 2.10. The van der Waals surface area contributed by atoms with Crippen molar-refractivity contribution in [2.75, 3.05) is 0 Å². The maximum Gasteiger partial charge on any atom is 0.147 e. The minimum absolute atomic E-state index is 0.0281. The van der Waals surface area contributed by atoms with Gasteiger partial charge in [-0.1, -0.05) is 13.0 Å². The van der Waals surface area contributed by atoms with E-state index in [2.05, 4.69) is 22.0 Å². The summed E-state index contributed by atoms with van der Waals surface area (Å²) in [6.45, 7) is 5.90. The Labute approximate surface area is 107 Å². The van der Waals surface area contributed by atoms with E-state index >= 15 is 0 Å². The first-order valence-corrected chi connectivity index (χ1v) is 6.19. The van der Waals surface area contributed by atoms with Crippen LogP contribution in [-0.4, -0.2) is 25.8 Å². The number of aryl methyl sites for hydroxylation is 2. The van der Waals surface area contributed by atoms with Crippen molar-refractivity contribution in [3.05, 3.63) is 41.7 Å². The van der Waals surface area contributed by atoms with Crippen LogP contribution in [0.15, 0.2) is 24.4 Å². The van der Waals surface area contributed by atoms with Crippen molar-refractivity contribution < 1.29 is 0 Å². The maximum absolute atomic E-state index is 6.23. The molecule has 0 radical (unpaired) electrons. The number of nitrogens with zero attached hydrogens (tertiary/aromatic N) is 4. The summed E-state index contributed by atoms with van der Waals surface area (Å²) in [5.74, 6) is 1.63. The van der Waals surface area contributed by atoms with E-state index in [1.165, 1.54) is 0 Å². The molecule has 0 aliphatic rings. The first-order chi connectivity index (χ1) is 8.63. The summed E-state index contributed by atoms with van der Waals surface area (Å²) in [4.78, 5) is 8.75. The van der Waals surface area contributed by atoms with Gasteiger partial charge in [-0.25, -0.2) is 9.67 Å². The average Bonchev–Trinajstić information content (AvgIpc) is 2.70. The van der Waals surface area contributed by atoms with E-state index in [-0.39, 0.29) is 12.1 Å². The molecule has 0 aliphatic heterocycles. The van der Waals surface area contributed by atoms with Crippen molar-refractivity contribution in [3.63, 3.8) is 0 Å². The van der Waals surface area contributed by atoms with Gasteiger partial charge >= 0.3 is 0 Å². The molecule has 0 aromatic carbocycles. The molecule has 2 rings (SSSR count). The molecule has 0 aliphatic carbocycles. The summed E-state index contributed by atoms with van der Waals surface area (Å²) in [5, 5.41) is 4.44. The average molecular weight is 245 g/mol. The largest absolute Gasteiger partial charge is 0.326 e. The normalized spacial score (nSPS) is 14.4. The summed E-state index contributed by atoms with van der Waals surface area (Å²) >= 11 is 0. The molecule has 2 heterocycles. The SMILES string of the molecule is CCC(N)C(c1ccccn1)n1nc(C)nc1C. The minimum atomic E-state index is -0.0580. The molecular weight excluding hydrogens is 226 g/mol. The lowest BCUT2D eigenvalue weighted by atomic mass is 10.0. The lowest BCUT2D eigenvalue weighted by molar-refractivity contribution is 0.406. The molecule has 5 nitrogen and oxygen atoms in total. The van der Waals surface area contributed by atoms with E-state index in [0.717, 1.165) is 23.8 Å². The zero-order chi connectivity index (χ0) is 13.1. The lowest BCUT2D eigenvalue weighted by Crippen LogP contribution is -2.34. The van der Waals surface area contributed by atoms with Crippen LogP contribution in [0.1, 0.15) is 36.7 Å². The van der Waals surface area contributed by atoms with Gasteiger partial charge in [0.25, 0.3) is 0 Å². The first kappa shape index (κ1) is 12.7. The Kier molecular flexibility index (Phi) is 3.72. The molecule has 18 heavy (non-hydrogen) atoms. The maximum atomic E-state index is 6.23. The van der Waals surface area contributed by atoms with E-state index < -0.39 is 0 Å². The van der Waals surface area contributed by atoms with Gasteiger partial charge in [-0.2, -0.15) is 5.10 Å². The van der Waals surface area contributed by atoms with E-state index in [1.807, 2.05) is 36.7 Å². The topological polar surface area (TPSA) is 69.6 Å². The van der Waals surface area contributed by atoms with Crippen LogP contribution in [0.25, 0.3) is 0 Å². The highest BCUT2D eigenvalue weighted by molar-refractivity contribution is 5.13. The van der Waals surface area contributed by atoms with Crippen LogP contribution in [0.3, 0.4) is 0 Å². The van der Waals surface area contributed by atoms with Crippen molar-refractivity contribution in [1.29, 1.82) is 0 Å². The second-order valence-corrected chi connectivity index (χ2v) is 4.42. The molecule has 2 aromatic heterocycles. The van der Waals surface area contributed by atoms with Gasteiger partial charge in [0.05, 0.1) is 5.69 Å². The van der Waals surface area contributed by atoms with Crippen LogP contribution >= 0.6 is 0 Å². The molecule has 0 bridgehead atoms. The second kappa shape index (κ2) is 5.27. The fourth-order valence-corrected chi connectivity index (χ4v) is 2.10. The third-order valence-corrected chi connectivity index (χ3v) is 3.04. The molecular formula is C13H19N5. The van der Waals surface area contributed by atoms with Crippen molar-refractivity contribution in [2.24, 2.45) is 5.73 Å². The zero-order valence-corrected chi connectivity index (χ0v) is 11.0. The molecule has 0 spiro atoms. The monoisotopic (exact) mass is 245 g/mol. The fraction of sp³-hybridized carbons (Fsp3) is 0.462. The Hall–Kier alpha value is -1.75. The molecule has 2 N–H and O–H groups in total. The number of aromatic nitrogens is 4. The standard InChI is InChI=1S/C13H19N5/c1-4-11(14)13(12-7-5-6-8-15-12)18-10(3)16-9(2)17-18/h5-8,11,13H,4,14H2,1-3H3. The molecule has 2 aromatic rings. The number of nitrogens with two attached hydrogens (primary N) is 1. The van der Waals surface area contributed by atoms with Gasteiger partial charge in [0.2, 0.25) is 0 Å². The van der Waals surface area contributed by atoms with Gasteiger partial charge in [-0.3, -0.25) is 4.98 Å². The number of hydrogen-bond donors (Lipinski definition) is 1. The first-order valence-electron chi connectivity index (χ1n) is 6.19. The van der Waals surface area contributed by atoms with Crippen LogP contribution < -0.4 is 5.73 Å². The Morgan fingerprint density at radius 1 is 1.33 bits per heavy atom. The van der Waals surface area contributed by atoms with E-state index in [4.69, 9.17) is 5.73 Å². The summed E-state index contributed by atoms with van der Waals surface area (Å²) in [6, 6.07) is 5.77. The van der Waals surface area contributed by atoms with Crippen LogP contribution in [0, 0.1) is 13.8 Å². The van der Waals surface area contributed by atoms with Crippen LogP contribution in [0.2, 0.25) is 0 Å². The summed E-state index contributed by atoms with van der Waals surface area (Å²) < 4.78 is 1.88. The highest BCUT2D eigenvalue weighted by Crippen LogP contribution is 2.21. The predicted molar refractivity (Wildman–Crippen MR) is 70.1 cm³/mol. The number of rotatable bonds is 4. The van der Waals surface area contributed by atoms with Gasteiger partial charge in [-0.05, 0) is 32.4 Å². The Morgan fingerprint density at radius 3 is 2.61 bits per heavy atom. The van der Waals surface area contributed by atoms with Gasteiger partial charge < -0.3 is 5.73 Å². The Morgan fingerprint density at radius 2 is 2.11 bits per heavy atom. The molecule has 0 amide bonds.